The standard InChI is InChI=1S/C33H19NO3S/c35-32-29-23(21-9-4-16-34-19-21)13-15-25(27-11-6-18-38-27)31(29)33(36)28-22(20-7-2-1-3-8-20)12-14-24(30(28)32)26-10-5-17-37-26/h1-19H. The molecule has 180 valence electrons. The zero-order valence-electron chi connectivity index (χ0n) is 20.0. The molecule has 0 amide bonds. The van der Waals surface area contributed by atoms with Crippen LogP contribution in [-0.4, -0.2) is 16.6 Å². The summed E-state index contributed by atoms with van der Waals surface area (Å²) in [5, 5.41) is 1.98. The summed E-state index contributed by atoms with van der Waals surface area (Å²) >= 11 is 1.55. The van der Waals surface area contributed by atoms with Gasteiger partial charge in [0.15, 0.2) is 11.6 Å². The first-order valence-corrected chi connectivity index (χ1v) is 13.1. The quantitative estimate of drug-likeness (QED) is 0.240. The van der Waals surface area contributed by atoms with Crippen LogP contribution in [0.15, 0.2) is 119 Å². The fourth-order valence-corrected chi connectivity index (χ4v) is 6.05. The molecule has 0 radical (unpaired) electrons. The van der Waals surface area contributed by atoms with Gasteiger partial charge < -0.3 is 4.42 Å². The maximum Gasteiger partial charge on any atom is 0.195 e. The smallest absolute Gasteiger partial charge is 0.195 e. The minimum absolute atomic E-state index is 0.170. The number of hydrogen-bond acceptors (Lipinski definition) is 5. The number of fused-ring (bicyclic) bond motifs is 2. The summed E-state index contributed by atoms with van der Waals surface area (Å²) < 4.78 is 5.73. The molecule has 1 aliphatic carbocycles. The van der Waals surface area contributed by atoms with E-state index >= 15 is 0 Å². The number of hydrogen-bond donors (Lipinski definition) is 0. The van der Waals surface area contributed by atoms with Gasteiger partial charge in [-0.3, -0.25) is 14.6 Å². The van der Waals surface area contributed by atoms with E-state index in [4.69, 9.17) is 4.42 Å². The van der Waals surface area contributed by atoms with Gasteiger partial charge in [-0.05, 0) is 52.4 Å². The SMILES string of the molecule is O=C1c2c(-c3cccnc3)ccc(-c3cccs3)c2C(=O)c2c(-c3ccccc3)ccc(-c3ccco3)c21. The molecule has 0 unspecified atom stereocenters. The van der Waals surface area contributed by atoms with Gasteiger partial charge in [-0.25, -0.2) is 0 Å². The lowest BCUT2D eigenvalue weighted by Gasteiger charge is -2.26. The van der Waals surface area contributed by atoms with Crippen LogP contribution in [-0.2, 0) is 0 Å². The zero-order chi connectivity index (χ0) is 25.6. The molecule has 0 spiro atoms. The van der Waals surface area contributed by atoms with Gasteiger partial charge in [-0.2, -0.15) is 0 Å². The van der Waals surface area contributed by atoms with Crippen molar-refractivity contribution in [2.45, 2.75) is 0 Å². The van der Waals surface area contributed by atoms with Crippen molar-refractivity contribution in [3.8, 4) is 44.0 Å². The Hall–Kier alpha value is -4.87. The predicted molar refractivity (Wildman–Crippen MR) is 149 cm³/mol. The average Bonchev–Trinajstić information content (AvgIpc) is 3.71. The van der Waals surface area contributed by atoms with Crippen LogP contribution in [0.25, 0.3) is 44.0 Å². The lowest BCUT2D eigenvalue weighted by atomic mass is 9.74. The molecule has 3 aromatic carbocycles. The summed E-state index contributed by atoms with van der Waals surface area (Å²) in [6.07, 6.45) is 4.99. The molecule has 0 fully saturated rings. The third-order valence-electron chi connectivity index (χ3n) is 6.95. The maximum atomic E-state index is 14.7. The fraction of sp³-hybridized carbons (Fsp3) is 0. The summed E-state index contributed by atoms with van der Waals surface area (Å²) in [7, 11) is 0. The first-order chi connectivity index (χ1) is 18.7. The van der Waals surface area contributed by atoms with Gasteiger partial charge in [0, 0.05) is 56.2 Å². The number of nitrogens with zero attached hydrogens (tertiary/aromatic N) is 1. The number of carbonyl (C=O) groups excluding carboxylic acids is 2. The summed E-state index contributed by atoms with van der Waals surface area (Å²) in [5.41, 5.74) is 6.04. The summed E-state index contributed by atoms with van der Waals surface area (Å²) in [5.74, 6) is 0.176. The van der Waals surface area contributed by atoms with Gasteiger partial charge >= 0.3 is 0 Å². The van der Waals surface area contributed by atoms with Crippen molar-refractivity contribution in [2.75, 3.05) is 0 Å². The molecule has 4 nitrogen and oxygen atoms in total. The summed E-state index contributed by atoms with van der Waals surface area (Å²) in [4.78, 5) is 34.5. The Kier molecular flexibility index (Phi) is 5.23. The molecule has 0 saturated heterocycles. The number of pyridine rings is 1. The van der Waals surface area contributed by atoms with Gasteiger partial charge in [0.1, 0.15) is 5.76 Å². The minimum Gasteiger partial charge on any atom is -0.464 e. The lowest BCUT2D eigenvalue weighted by molar-refractivity contribution is 0.0981. The molecule has 0 N–H and O–H groups in total. The van der Waals surface area contributed by atoms with E-state index in [0.717, 1.165) is 27.1 Å². The Morgan fingerprint density at radius 2 is 1.24 bits per heavy atom. The van der Waals surface area contributed by atoms with Crippen molar-refractivity contribution in [1.82, 2.24) is 4.98 Å². The second-order valence-electron chi connectivity index (χ2n) is 9.04. The van der Waals surface area contributed by atoms with E-state index in [2.05, 4.69) is 4.98 Å². The molecule has 0 bridgehead atoms. The number of benzene rings is 3. The van der Waals surface area contributed by atoms with Crippen molar-refractivity contribution in [3.05, 3.63) is 137 Å². The highest BCUT2D eigenvalue weighted by molar-refractivity contribution is 7.13. The lowest BCUT2D eigenvalue weighted by Crippen LogP contribution is -2.24. The van der Waals surface area contributed by atoms with Crippen LogP contribution in [0, 0.1) is 0 Å². The first kappa shape index (κ1) is 22.3. The van der Waals surface area contributed by atoms with E-state index < -0.39 is 0 Å². The van der Waals surface area contributed by atoms with Crippen LogP contribution in [0.1, 0.15) is 31.8 Å². The molecule has 6 aromatic rings. The van der Waals surface area contributed by atoms with Crippen LogP contribution >= 0.6 is 11.3 Å². The third-order valence-corrected chi connectivity index (χ3v) is 7.85. The Labute approximate surface area is 222 Å². The highest BCUT2D eigenvalue weighted by atomic mass is 32.1. The van der Waals surface area contributed by atoms with Gasteiger partial charge in [0.25, 0.3) is 0 Å². The van der Waals surface area contributed by atoms with E-state index in [1.54, 1.807) is 36.1 Å². The van der Waals surface area contributed by atoms with Crippen LogP contribution in [0.4, 0.5) is 0 Å². The molecule has 5 heteroatoms. The fourth-order valence-electron chi connectivity index (χ4n) is 5.29. The van der Waals surface area contributed by atoms with Gasteiger partial charge in [0.05, 0.1) is 6.26 Å². The normalized spacial score (nSPS) is 12.3. The van der Waals surface area contributed by atoms with Crippen molar-refractivity contribution in [3.63, 3.8) is 0 Å². The van der Waals surface area contributed by atoms with E-state index in [9.17, 15) is 9.59 Å². The molecule has 3 aromatic heterocycles. The van der Waals surface area contributed by atoms with Gasteiger partial charge in [-0.1, -0.05) is 60.7 Å². The van der Waals surface area contributed by atoms with Gasteiger partial charge in [0.2, 0.25) is 0 Å². The number of furan rings is 1. The monoisotopic (exact) mass is 509 g/mol. The molecule has 3 heterocycles. The van der Waals surface area contributed by atoms with Crippen molar-refractivity contribution in [2.24, 2.45) is 0 Å². The molecule has 7 rings (SSSR count). The second kappa shape index (κ2) is 8.91. The number of ketones is 2. The predicted octanol–water partition coefficient (Wildman–Crippen LogP) is 8.18. The second-order valence-corrected chi connectivity index (χ2v) is 9.99. The van der Waals surface area contributed by atoms with Crippen LogP contribution < -0.4 is 0 Å². The maximum absolute atomic E-state index is 14.7. The van der Waals surface area contributed by atoms with E-state index in [1.165, 1.54) is 0 Å². The highest BCUT2D eigenvalue weighted by Crippen LogP contribution is 2.45. The van der Waals surface area contributed by atoms with E-state index in [1.807, 2.05) is 90.3 Å². The van der Waals surface area contributed by atoms with Gasteiger partial charge in [-0.15, -0.1) is 11.3 Å². The molecule has 38 heavy (non-hydrogen) atoms. The number of carbonyl (C=O) groups is 2. The molecular formula is C33H19NO3S. The highest BCUT2D eigenvalue weighted by Gasteiger charge is 2.38. The minimum atomic E-state index is -0.198. The Bertz CT molecular complexity index is 1680. The molecule has 1 aliphatic rings. The first-order valence-electron chi connectivity index (χ1n) is 12.2. The molecule has 0 saturated carbocycles. The molecule has 0 atom stereocenters. The average molecular weight is 510 g/mol. The molecular weight excluding hydrogens is 490 g/mol. The molecule has 0 aliphatic heterocycles. The van der Waals surface area contributed by atoms with Crippen molar-refractivity contribution >= 4 is 22.9 Å². The summed E-state index contributed by atoms with van der Waals surface area (Å²) in [6, 6.07) is 28.7. The van der Waals surface area contributed by atoms with E-state index in [-0.39, 0.29) is 11.6 Å². The van der Waals surface area contributed by atoms with Crippen LogP contribution in [0.3, 0.4) is 0 Å². The Morgan fingerprint density at radius 3 is 1.89 bits per heavy atom. The number of aromatic nitrogens is 1. The Balaban J connectivity index is 1.59. The zero-order valence-corrected chi connectivity index (χ0v) is 20.9. The topological polar surface area (TPSA) is 60.2 Å². The summed E-state index contributed by atoms with van der Waals surface area (Å²) in [6.45, 7) is 0. The van der Waals surface area contributed by atoms with Crippen molar-refractivity contribution < 1.29 is 14.0 Å². The number of thiophene rings is 1. The van der Waals surface area contributed by atoms with Crippen molar-refractivity contribution in [1.29, 1.82) is 0 Å². The van der Waals surface area contributed by atoms with E-state index in [0.29, 0.717) is 39.1 Å². The van der Waals surface area contributed by atoms with Crippen LogP contribution in [0.2, 0.25) is 0 Å². The van der Waals surface area contributed by atoms with Crippen LogP contribution in [0.5, 0.6) is 0 Å². The number of rotatable bonds is 4. The largest absolute Gasteiger partial charge is 0.464 e. The Morgan fingerprint density at radius 1 is 0.579 bits per heavy atom. The third kappa shape index (κ3) is 3.40.